The second-order valence-electron chi connectivity index (χ2n) is 9.59. The van der Waals surface area contributed by atoms with Crippen LogP contribution in [0.3, 0.4) is 0 Å². The molecule has 9 nitrogen and oxygen atoms in total. The Kier molecular flexibility index (Phi) is 11.7. The lowest BCUT2D eigenvalue weighted by Crippen LogP contribution is -2.50. The minimum Gasteiger partial charge on any atom is -0.484 e. The number of para-hydroxylation sites is 1. The van der Waals surface area contributed by atoms with E-state index < -0.39 is 24.0 Å². The van der Waals surface area contributed by atoms with Gasteiger partial charge in [0.15, 0.2) is 12.7 Å². The zero-order valence-corrected chi connectivity index (χ0v) is 25.2. The molecular formula is C33H30Cl2N4O5. The number of nitrogens with one attached hydrogen (secondary N) is 3. The molecule has 0 aliphatic heterocycles. The molecule has 0 bridgehead atoms. The van der Waals surface area contributed by atoms with E-state index in [9.17, 15) is 14.4 Å². The SMILES string of the molecule is C[C@@H](Oc1ccc(Cl)cc1Cl)C(=O)N[C@H](Cc1ccccc1)C(=O)N/N=C\c1ccc(OCC(=O)Nc2ccccc2)cc1. The minimum atomic E-state index is -0.951. The highest BCUT2D eigenvalue weighted by molar-refractivity contribution is 6.35. The number of anilines is 1. The molecule has 0 unspecified atom stereocenters. The van der Waals surface area contributed by atoms with Gasteiger partial charge in [0.1, 0.15) is 17.5 Å². The van der Waals surface area contributed by atoms with E-state index in [4.69, 9.17) is 32.7 Å². The fourth-order valence-electron chi connectivity index (χ4n) is 3.93. The lowest BCUT2D eigenvalue weighted by atomic mass is 10.1. The Labute approximate surface area is 265 Å². The van der Waals surface area contributed by atoms with E-state index in [1.54, 1.807) is 55.5 Å². The Bertz CT molecular complexity index is 1590. The third kappa shape index (κ3) is 10.1. The first kappa shape index (κ1) is 32.1. The average molecular weight is 634 g/mol. The summed E-state index contributed by atoms with van der Waals surface area (Å²) in [6, 6.07) is 28.9. The first-order valence-electron chi connectivity index (χ1n) is 13.6. The first-order valence-corrected chi connectivity index (χ1v) is 14.4. The van der Waals surface area contributed by atoms with Crippen molar-refractivity contribution in [3.63, 3.8) is 0 Å². The summed E-state index contributed by atoms with van der Waals surface area (Å²) >= 11 is 12.1. The lowest BCUT2D eigenvalue weighted by molar-refractivity contribution is -0.132. The Morgan fingerprint density at radius 1 is 0.864 bits per heavy atom. The Morgan fingerprint density at radius 3 is 2.23 bits per heavy atom. The normalized spacial score (nSPS) is 12.2. The molecule has 44 heavy (non-hydrogen) atoms. The van der Waals surface area contributed by atoms with Crippen molar-refractivity contribution in [2.45, 2.75) is 25.5 Å². The van der Waals surface area contributed by atoms with Crippen molar-refractivity contribution in [2.75, 3.05) is 11.9 Å². The molecule has 0 aromatic heterocycles. The van der Waals surface area contributed by atoms with Crippen molar-refractivity contribution in [3.8, 4) is 11.5 Å². The summed E-state index contributed by atoms with van der Waals surface area (Å²) in [5.74, 6) is -0.518. The van der Waals surface area contributed by atoms with Crippen LogP contribution >= 0.6 is 23.2 Å². The standard InChI is InChI=1S/C33H30Cl2N4O5/c1-22(44-30-17-14-25(34)19-28(30)35)32(41)38-29(18-23-8-4-2-5-9-23)33(42)39-36-20-24-12-15-27(16-13-24)43-21-31(40)37-26-10-6-3-7-11-26/h2-17,19-20,22,29H,18,21H2,1H3,(H,37,40)(H,38,41)(H,39,42)/b36-20-/t22-,29-/m1/s1. The lowest BCUT2D eigenvalue weighted by Gasteiger charge is -2.21. The van der Waals surface area contributed by atoms with E-state index in [1.807, 2.05) is 48.5 Å². The maximum atomic E-state index is 13.1. The quantitative estimate of drug-likeness (QED) is 0.130. The van der Waals surface area contributed by atoms with Gasteiger partial charge in [0, 0.05) is 17.1 Å². The van der Waals surface area contributed by atoms with Gasteiger partial charge < -0.3 is 20.1 Å². The molecule has 3 amide bonds. The molecule has 2 atom stereocenters. The molecule has 4 aromatic carbocycles. The molecule has 0 heterocycles. The fourth-order valence-corrected chi connectivity index (χ4v) is 4.38. The highest BCUT2D eigenvalue weighted by atomic mass is 35.5. The summed E-state index contributed by atoms with van der Waals surface area (Å²) in [6.07, 6.45) is 0.736. The van der Waals surface area contributed by atoms with Crippen molar-refractivity contribution in [1.82, 2.24) is 10.7 Å². The number of ether oxygens (including phenoxy) is 2. The van der Waals surface area contributed by atoms with Gasteiger partial charge in [-0.05, 0) is 72.6 Å². The number of nitrogens with zero attached hydrogens (tertiary/aromatic N) is 1. The van der Waals surface area contributed by atoms with Crippen molar-refractivity contribution < 1.29 is 23.9 Å². The number of hydrazone groups is 1. The van der Waals surface area contributed by atoms with Crippen LogP contribution in [0.4, 0.5) is 5.69 Å². The summed E-state index contributed by atoms with van der Waals surface area (Å²) in [6.45, 7) is 1.41. The zero-order valence-electron chi connectivity index (χ0n) is 23.7. The zero-order chi connectivity index (χ0) is 31.3. The number of carbonyl (C=O) groups is 3. The van der Waals surface area contributed by atoms with E-state index in [2.05, 4.69) is 21.2 Å². The molecule has 11 heteroatoms. The van der Waals surface area contributed by atoms with E-state index in [1.165, 1.54) is 12.3 Å². The highest BCUT2D eigenvalue weighted by Gasteiger charge is 2.25. The van der Waals surface area contributed by atoms with Crippen LogP contribution in [-0.2, 0) is 20.8 Å². The summed E-state index contributed by atoms with van der Waals surface area (Å²) in [4.78, 5) is 38.2. The van der Waals surface area contributed by atoms with E-state index in [0.717, 1.165) is 5.56 Å². The molecule has 0 spiro atoms. The van der Waals surface area contributed by atoms with Crippen LogP contribution in [0.5, 0.6) is 11.5 Å². The predicted molar refractivity (Wildman–Crippen MR) is 171 cm³/mol. The number of hydrogen-bond acceptors (Lipinski definition) is 6. The maximum absolute atomic E-state index is 13.1. The van der Waals surface area contributed by atoms with Crippen LogP contribution in [0.25, 0.3) is 0 Å². The van der Waals surface area contributed by atoms with Gasteiger partial charge in [0.05, 0.1) is 11.2 Å². The number of amides is 3. The number of benzene rings is 4. The van der Waals surface area contributed by atoms with Gasteiger partial charge >= 0.3 is 0 Å². The van der Waals surface area contributed by atoms with Crippen molar-refractivity contribution in [1.29, 1.82) is 0 Å². The Morgan fingerprint density at radius 2 is 1.55 bits per heavy atom. The molecule has 0 saturated heterocycles. The summed E-state index contributed by atoms with van der Waals surface area (Å²) in [7, 11) is 0. The van der Waals surface area contributed by atoms with Crippen LogP contribution < -0.4 is 25.5 Å². The molecule has 0 saturated carbocycles. The summed E-state index contributed by atoms with van der Waals surface area (Å²) < 4.78 is 11.2. The average Bonchev–Trinajstić information content (AvgIpc) is 3.02. The Balaban J connectivity index is 1.32. The maximum Gasteiger partial charge on any atom is 0.262 e. The van der Waals surface area contributed by atoms with Crippen LogP contribution in [0, 0.1) is 0 Å². The Hall–Kier alpha value is -4.86. The van der Waals surface area contributed by atoms with Crippen LogP contribution in [-0.4, -0.2) is 42.7 Å². The van der Waals surface area contributed by atoms with Gasteiger partial charge in [-0.25, -0.2) is 5.43 Å². The molecule has 0 fully saturated rings. The third-order valence-corrected chi connectivity index (χ3v) is 6.71. The number of rotatable bonds is 13. The van der Waals surface area contributed by atoms with E-state index in [0.29, 0.717) is 27.8 Å². The highest BCUT2D eigenvalue weighted by Crippen LogP contribution is 2.28. The minimum absolute atomic E-state index is 0.149. The first-order chi connectivity index (χ1) is 21.3. The van der Waals surface area contributed by atoms with E-state index in [-0.39, 0.29) is 24.0 Å². The van der Waals surface area contributed by atoms with Gasteiger partial charge in [0.2, 0.25) is 0 Å². The van der Waals surface area contributed by atoms with Gasteiger partial charge in [-0.1, -0.05) is 71.7 Å². The fraction of sp³-hybridized carbons (Fsp3) is 0.152. The van der Waals surface area contributed by atoms with Crippen LogP contribution in [0.15, 0.2) is 108 Å². The van der Waals surface area contributed by atoms with Crippen LogP contribution in [0.2, 0.25) is 10.0 Å². The molecule has 0 aliphatic rings. The molecule has 4 aromatic rings. The molecule has 226 valence electrons. The van der Waals surface area contributed by atoms with Crippen molar-refractivity contribution in [3.05, 3.63) is 124 Å². The smallest absolute Gasteiger partial charge is 0.262 e. The monoisotopic (exact) mass is 632 g/mol. The van der Waals surface area contributed by atoms with Crippen LogP contribution in [0.1, 0.15) is 18.1 Å². The van der Waals surface area contributed by atoms with Crippen molar-refractivity contribution in [2.24, 2.45) is 5.10 Å². The second kappa shape index (κ2) is 16.1. The number of carbonyl (C=O) groups excluding carboxylic acids is 3. The second-order valence-corrected chi connectivity index (χ2v) is 10.4. The topological polar surface area (TPSA) is 118 Å². The molecule has 0 aliphatic carbocycles. The molecule has 4 rings (SSSR count). The van der Waals surface area contributed by atoms with Gasteiger partial charge in [-0.15, -0.1) is 0 Å². The molecular weight excluding hydrogens is 603 g/mol. The number of halogens is 2. The summed E-state index contributed by atoms with van der Waals surface area (Å²) in [5, 5.41) is 10.2. The van der Waals surface area contributed by atoms with Gasteiger partial charge in [0.25, 0.3) is 17.7 Å². The van der Waals surface area contributed by atoms with Crippen molar-refractivity contribution >= 4 is 52.8 Å². The van der Waals surface area contributed by atoms with Gasteiger partial charge in [-0.3, -0.25) is 14.4 Å². The number of hydrogen-bond donors (Lipinski definition) is 3. The van der Waals surface area contributed by atoms with Gasteiger partial charge in [-0.2, -0.15) is 5.10 Å². The molecule has 0 radical (unpaired) electrons. The molecule has 3 N–H and O–H groups in total. The van der Waals surface area contributed by atoms with E-state index >= 15 is 0 Å². The predicted octanol–water partition coefficient (Wildman–Crippen LogP) is 5.66. The summed E-state index contributed by atoms with van der Waals surface area (Å²) in [5.41, 5.74) is 4.70. The largest absolute Gasteiger partial charge is 0.484 e. The third-order valence-electron chi connectivity index (χ3n) is 6.18.